The fraction of sp³-hybridized carbons (Fsp3) is 0.278. The summed E-state index contributed by atoms with van der Waals surface area (Å²) in [5.41, 5.74) is 6.67. The molecule has 0 radical (unpaired) electrons. The van der Waals surface area contributed by atoms with Gasteiger partial charge >= 0.3 is 12.1 Å². The summed E-state index contributed by atoms with van der Waals surface area (Å²) in [4.78, 5) is 24.2. The Morgan fingerprint density at radius 2 is 1.42 bits per heavy atom. The molecule has 6 nitrogen and oxygen atoms in total. The molecule has 4 aromatic carbocycles. The van der Waals surface area contributed by atoms with Gasteiger partial charge in [-0.2, -0.15) is 11.8 Å². The van der Waals surface area contributed by atoms with Crippen molar-refractivity contribution < 1.29 is 23.8 Å². The van der Waals surface area contributed by atoms with Crippen LogP contribution in [-0.4, -0.2) is 39.3 Å². The molecule has 0 aliphatic rings. The van der Waals surface area contributed by atoms with Gasteiger partial charge < -0.3 is 19.6 Å². The number of aliphatic carboxylic acids is 1. The van der Waals surface area contributed by atoms with Gasteiger partial charge in [-0.1, -0.05) is 84.9 Å². The lowest BCUT2D eigenvalue weighted by Gasteiger charge is -2.32. The van der Waals surface area contributed by atoms with Crippen LogP contribution in [0.1, 0.15) is 40.2 Å². The maximum absolute atomic E-state index is 12.2. The first-order valence-corrected chi connectivity index (χ1v) is 15.4. The van der Waals surface area contributed by atoms with E-state index in [1.54, 1.807) is 20.8 Å². The summed E-state index contributed by atoms with van der Waals surface area (Å²) in [5.74, 6) is -0.387. The van der Waals surface area contributed by atoms with E-state index in [1.165, 1.54) is 11.8 Å². The van der Waals surface area contributed by atoms with Crippen LogP contribution in [0.3, 0.4) is 0 Å². The van der Waals surface area contributed by atoms with Crippen molar-refractivity contribution in [1.82, 2.24) is 5.32 Å². The number of fused-ring (bicyclic) bond motifs is 3. The van der Waals surface area contributed by atoms with Gasteiger partial charge in [-0.05, 0) is 75.1 Å². The molecular formula is C36H37NO5S. The number of rotatable bonds is 9. The van der Waals surface area contributed by atoms with E-state index >= 15 is 0 Å². The second-order valence-corrected chi connectivity index (χ2v) is 13.9. The smallest absolute Gasteiger partial charge is 0.408 e. The van der Waals surface area contributed by atoms with Crippen LogP contribution in [0.4, 0.5) is 4.79 Å². The van der Waals surface area contributed by atoms with Gasteiger partial charge in [0.15, 0.2) is 0 Å². The molecule has 1 amide bonds. The van der Waals surface area contributed by atoms with Crippen LogP contribution < -0.4 is 5.32 Å². The van der Waals surface area contributed by atoms with Crippen molar-refractivity contribution in [2.45, 2.75) is 57.4 Å². The molecule has 0 unspecified atom stereocenters. The number of carboxylic acids is 1. The molecule has 2 N–H and O–H groups in total. The van der Waals surface area contributed by atoms with Gasteiger partial charge in [-0.25, -0.2) is 9.59 Å². The lowest BCUT2D eigenvalue weighted by Crippen LogP contribution is -2.53. The Kier molecular flexibility index (Phi) is 8.56. The summed E-state index contributed by atoms with van der Waals surface area (Å²) < 4.78 is 10.7. The minimum Gasteiger partial charge on any atom is -0.480 e. The average molecular weight is 596 g/mol. The van der Waals surface area contributed by atoms with Crippen molar-refractivity contribution in [3.63, 3.8) is 0 Å². The molecule has 5 rings (SSSR count). The number of hydrogen-bond acceptors (Lipinski definition) is 5. The standard InChI is InChI=1S/C36H37NO5S/c1-35(2,3)42-34(40)37-32(33(38)39)36(4,5)43-22-21-23-13-15-24(16-14-23)25-17-19-26(20-18-25)27-10-8-11-29-28-9-6-7-12-30(28)41-31(27)29/h6-20,32H,21-22H2,1-5H3,(H,37,40)(H,38,39)/t32-/m1/s1. The van der Waals surface area contributed by atoms with Gasteiger partial charge in [0.25, 0.3) is 0 Å². The molecule has 0 saturated carbocycles. The zero-order chi connectivity index (χ0) is 30.8. The summed E-state index contributed by atoms with van der Waals surface area (Å²) >= 11 is 1.51. The Morgan fingerprint density at radius 1 is 0.814 bits per heavy atom. The number of carbonyl (C=O) groups is 2. The maximum Gasteiger partial charge on any atom is 0.408 e. The summed E-state index contributed by atoms with van der Waals surface area (Å²) in [7, 11) is 0. The molecule has 0 bridgehead atoms. The molecule has 43 heavy (non-hydrogen) atoms. The molecule has 0 aliphatic heterocycles. The van der Waals surface area contributed by atoms with Crippen LogP contribution >= 0.6 is 11.8 Å². The van der Waals surface area contributed by atoms with Gasteiger partial charge in [-0.15, -0.1) is 0 Å². The van der Waals surface area contributed by atoms with Crippen molar-refractivity contribution in [2.24, 2.45) is 0 Å². The Morgan fingerprint density at radius 3 is 2.07 bits per heavy atom. The highest BCUT2D eigenvalue weighted by molar-refractivity contribution is 8.00. The van der Waals surface area contributed by atoms with E-state index in [0.717, 1.165) is 56.2 Å². The number of thioether (sulfide) groups is 1. The first-order valence-electron chi connectivity index (χ1n) is 14.4. The van der Waals surface area contributed by atoms with E-state index in [9.17, 15) is 14.7 Å². The fourth-order valence-electron chi connectivity index (χ4n) is 5.15. The molecule has 0 fully saturated rings. The third-order valence-corrected chi connectivity index (χ3v) is 8.74. The highest BCUT2D eigenvalue weighted by atomic mass is 32.2. The first kappa shape index (κ1) is 30.2. The minimum atomic E-state index is -1.09. The number of carbonyl (C=O) groups excluding carboxylic acids is 1. The lowest BCUT2D eigenvalue weighted by molar-refractivity contribution is -0.140. The lowest BCUT2D eigenvalue weighted by atomic mass is 9.98. The number of para-hydroxylation sites is 2. The number of nitrogens with one attached hydrogen (secondary N) is 1. The monoisotopic (exact) mass is 595 g/mol. The highest BCUT2D eigenvalue weighted by Gasteiger charge is 2.38. The third kappa shape index (κ3) is 7.05. The van der Waals surface area contributed by atoms with Crippen LogP contribution in [0.15, 0.2) is 95.4 Å². The maximum atomic E-state index is 12.2. The van der Waals surface area contributed by atoms with Gasteiger partial charge in [0.2, 0.25) is 0 Å². The summed E-state index contributed by atoms with van der Waals surface area (Å²) in [5, 5.41) is 14.6. The van der Waals surface area contributed by atoms with E-state index in [2.05, 4.69) is 78.1 Å². The predicted molar refractivity (Wildman–Crippen MR) is 176 cm³/mol. The van der Waals surface area contributed by atoms with E-state index in [0.29, 0.717) is 5.75 Å². The zero-order valence-electron chi connectivity index (χ0n) is 25.1. The van der Waals surface area contributed by atoms with Crippen molar-refractivity contribution in [1.29, 1.82) is 0 Å². The largest absolute Gasteiger partial charge is 0.480 e. The molecule has 0 saturated heterocycles. The van der Waals surface area contributed by atoms with E-state index in [-0.39, 0.29) is 0 Å². The quantitative estimate of drug-likeness (QED) is 0.177. The number of benzene rings is 4. The number of amides is 1. The average Bonchev–Trinajstić information content (AvgIpc) is 3.34. The van der Waals surface area contributed by atoms with Crippen molar-refractivity contribution >= 4 is 45.8 Å². The van der Waals surface area contributed by atoms with Crippen LogP contribution in [0.5, 0.6) is 0 Å². The molecule has 7 heteroatoms. The topological polar surface area (TPSA) is 88.8 Å². The summed E-state index contributed by atoms with van der Waals surface area (Å²) in [6, 6.07) is 30.3. The SMILES string of the molecule is CC(C)(C)OC(=O)N[C@H](C(=O)O)C(C)(C)SCCc1ccc(-c2ccc(-c3cccc4c3oc3ccccc34)cc2)cc1. The fourth-order valence-corrected chi connectivity index (χ4v) is 6.34. The van der Waals surface area contributed by atoms with Crippen LogP contribution in [0.2, 0.25) is 0 Å². The molecule has 0 spiro atoms. The molecule has 5 aromatic rings. The molecule has 0 aliphatic carbocycles. The van der Waals surface area contributed by atoms with E-state index in [1.807, 2.05) is 32.0 Å². The molecule has 1 aromatic heterocycles. The number of carboxylic acid groups (broad SMARTS) is 1. The molecule has 1 atom stereocenters. The first-order chi connectivity index (χ1) is 20.4. The van der Waals surface area contributed by atoms with E-state index in [4.69, 9.17) is 9.15 Å². The summed E-state index contributed by atoms with van der Waals surface area (Å²) in [6.07, 6.45) is 0.0388. The Hall–Kier alpha value is -4.23. The summed E-state index contributed by atoms with van der Waals surface area (Å²) in [6.45, 7) is 8.89. The third-order valence-electron chi connectivity index (χ3n) is 7.36. The van der Waals surface area contributed by atoms with Crippen LogP contribution in [0.25, 0.3) is 44.2 Å². The minimum absolute atomic E-state index is 0.703. The highest BCUT2D eigenvalue weighted by Crippen LogP contribution is 2.36. The number of aryl methyl sites for hydroxylation is 1. The number of furan rings is 1. The normalized spacial score (nSPS) is 12.8. The number of hydrogen-bond donors (Lipinski definition) is 2. The predicted octanol–water partition coefficient (Wildman–Crippen LogP) is 8.95. The Balaban J connectivity index is 1.22. The molecular weight excluding hydrogens is 558 g/mol. The second-order valence-electron chi connectivity index (χ2n) is 12.2. The second kappa shape index (κ2) is 12.2. The van der Waals surface area contributed by atoms with E-state index < -0.39 is 28.5 Å². The Bertz CT molecular complexity index is 1750. The van der Waals surface area contributed by atoms with Crippen molar-refractivity contribution in [3.05, 3.63) is 96.6 Å². The van der Waals surface area contributed by atoms with Gasteiger partial charge in [0.05, 0.1) is 0 Å². The molecule has 1 heterocycles. The van der Waals surface area contributed by atoms with Crippen LogP contribution in [-0.2, 0) is 16.0 Å². The van der Waals surface area contributed by atoms with Gasteiger partial charge in [0, 0.05) is 21.1 Å². The van der Waals surface area contributed by atoms with Crippen molar-refractivity contribution in [2.75, 3.05) is 5.75 Å². The van der Waals surface area contributed by atoms with Gasteiger partial charge in [-0.3, -0.25) is 0 Å². The van der Waals surface area contributed by atoms with Crippen LogP contribution in [0, 0.1) is 0 Å². The number of ether oxygens (including phenoxy) is 1. The zero-order valence-corrected chi connectivity index (χ0v) is 26.0. The van der Waals surface area contributed by atoms with Gasteiger partial charge in [0.1, 0.15) is 22.8 Å². The Labute approximate surface area is 256 Å². The molecule has 222 valence electrons. The number of alkyl carbamates (subject to hydrolysis) is 1. The van der Waals surface area contributed by atoms with Crippen molar-refractivity contribution in [3.8, 4) is 22.3 Å².